The van der Waals surface area contributed by atoms with E-state index in [2.05, 4.69) is 9.97 Å². The van der Waals surface area contributed by atoms with Crippen LogP contribution in [0.5, 0.6) is 0 Å². The SMILES string of the molecule is O=C(NNC(=O)c1cc(C(F)(F)F)cnc1N1CCCC(F)(F)CC1)c1cc(C(F)(F)F)cnc1Cl. The molecule has 36 heavy (non-hydrogen) atoms. The quantitative estimate of drug-likeness (QED) is 0.327. The van der Waals surface area contributed by atoms with E-state index in [0.717, 1.165) is 0 Å². The molecule has 1 aliphatic rings. The van der Waals surface area contributed by atoms with E-state index in [1.807, 2.05) is 0 Å². The molecule has 2 amide bonds. The van der Waals surface area contributed by atoms with Crippen molar-refractivity contribution in [1.29, 1.82) is 0 Å². The molecule has 1 saturated heterocycles. The van der Waals surface area contributed by atoms with Gasteiger partial charge in [0.2, 0.25) is 5.92 Å². The van der Waals surface area contributed by atoms with Crippen molar-refractivity contribution in [2.24, 2.45) is 0 Å². The fourth-order valence-corrected chi connectivity index (χ4v) is 3.51. The van der Waals surface area contributed by atoms with Crippen molar-refractivity contribution < 1.29 is 44.7 Å². The summed E-state index contributed by atoms with van der Waals surface area (Å²) in [6.07, 6.45) is -10.1. The van der Waals surface area contributed by atoms with Crippen LogP contribution in [0.4, 0.5) is 40.9 Å². The van der Waals surface area contributed by atoms with Gasteiger partial charge in [-0.3, -0.25) is 20.4 Å². The van der Waals surface area contributed by atoms with Gasteiger partial charge in [0, 0.05) is 38.3 Å². The van der Waals surface area contributed by atoms with Gasteiger partial charge in [-0.15, -0.1) is 0 Å². The number of hydrogen-bond acceptors (Lipinski definition) is 5. The molecule has 7 nitrogen and oxygen atoms in total. The molecule has 0 radical (unpaired) electrons. The molecule has 3 heterocycles. The summed E-state index contributed by atoms with van der Waals surface area (Å²) in [7, 11) is 0. The lowest BCUT2D eigenvalue weighted by Crippen LogP contribution is -2.43. The van der Waals surface area contributed by atoms with Crippen molar-refractivity contribution >= 4 is 29.2 Å². The molecule has 2 N–H and O–H groups in total. The fraction of sp³-hybridized carbons (Fsp3) is 0.400. The second kappa shape index (κ2) is 10.0. The van der Waals surface area contributed by atoms with Gasteiger partial charge in [-0.1, -0.05) is 11.6 Å². The van der Waals surface area contributed by atoms with Gasteiger partial charge in [0.25, 0.3) is 11.8 Å². The molecule has 1 aliphatic heterocycles. The van der Waals surface area contributed by atoms with Crippen LogP contribution < -0.4 is 15.8 Å². The van der Waals surface area contributed by atoms with Gasteiger partial charge in [0.1, 0.15) is 11.0 Å². The van der Waals surface area contributed by atoms with Crippen molar-refractivity contribution in [1.82, 2.24) is 20.8 Å². The van der Waals surface area contributed by atoms with Crippen molar-refractivity contribution in [3.8, 4) is 0 Å². The van der Waals surface area contributed by atoms with Crippen LogP contribution in [0.1, 0.15) is 51.1 Å². The normalized spacial score (nSPS) is 16.3. The Morgan fingerprint density at radius 3 is 1.97 bits per heavy atom. The molecule has 0 bridgehead atoms. The van der Waals surface area contributed by atoms with Crippen molar-refractivity contribution in [3.05, 3.63) is 51.9 Å². The minimum Gasteiger partial charge on any atom is -0.356 e. The highest BCUT2D eigenvalue weighted by Crippen LogP contribution is 2.34. The molecule has 0 saturated carbocycles. The molecule has 0 aliphatic carbocycles. The number of aromatic nitrogens is 2. The molecule has 2 aromatic heterocycles. The number of nitrogens with zero attached hydrogens (tertiary/aromatic N) is 3. The fourth-order valence-electron chi connectivity index (χ4n) is 3.32. The number of hydrazine groups is 1. The molecule has 1 fully saturated rings. The van der Waals surface area contributed by atoms with E-state index in [4.69, 9.17) is 11.6 Å². The van der Waals surface area contributed by atoms with Crippen LogP contribution in [0.15, 0.2) is 24.5 Å². The van der Waals surface area contributed by atoms with Gasteiger partial charge in [-0.05, 0) is 18.6 Å². The Balaban J connectivity index is 1.87. The first-order chi connectivity index (χ1) is 16.6. The Morgan fingerprint density at radius 1 is 0.861 bits per heavy atom. The van der Waals surface area contributed by atoms with Crippen molar-refractivity contribution in [2.75, 3.05) is 18.0 Å². The van der Waals surface area contributed by atoms with E-state index in [0.29, 0.717) is 24.5 Å². The van der Waals surface area contributed by atoms with E-state index in [9.17, 15) is 44.7 Å². The van der Waals surface area contributed by atoms with Gasteiger partial charge < -0.3 is 4.90 Å². The molecular weight excluding hydrogens is 530 g/mol. The molecular formula is C20H16ClF8N5O2. The average Bonchev–Trinajstić information content (AvgIpc) is 2.96. The maximum atomic E-state index is 13.7. The minimum absolute atomic E-state index is 0.0332. The van der Waals surface area contributed by atoms with Crippen molar-refractivity contribution in [3.63, 3.8) is 0 Å². The van der Waals surface area contributed by atoms with Gasteiger partial charge in [0.15, 0.2) is 0 Å². The Kier molecular flexibility index (Phi) is 7.62. The maximum absolute atomic E-state index is 13.7. The molecule has 0 spiro atoms. The van der Waals surface area contributed by atoms with Gasteiger partial charge >= 0.3 is 12.4 Å². The summed E-state index contributed by atoms with van der Waals surface area (Å²) >= 11 is 5.65. The maximum Gasteiger partial charge on any atom is 0.417 e. The summed E-state index contributed by atoms with van der Waals surface area (Å²) in [5.74, 6) is -6.02. The smallest absolute Gasteiger partial charge is 0.356 e. The highest BCUT2D eigenvalue weighted by atomic mass is 35.5. The third-order valence-corrected chi connectivity index (χ3v) is 5.46. The zero-order valence-electron chi connectivity index (χ0n) is 17.9. The van der Waals surface area contributed by atoms with Crippen LogP contribution in [-0.2, 0) is 12.4 Å². The van der Waals surface area contributed by atoms with Crippen LogP contribution in [0, 0.1) is 0 Å². The number of halogens is 9. The Hall–Kier alpha value is -3.23. The summed E-state index contributed by atoms with van der Waals surface area (Å²) in [6, 6.07) is 0.789. The van der Waals surface area contributed by atoms with Gasteiger partial charge in [-0.2, -0.15) is 26.3 Å². The second-order valence-corrected chi connectivity index (χ2v) is 8.12. The van der Waals surface area contributed by atoms with Crippen LogP contribution >= 0.6 is 11.6 Å². The Morgan fingerprint density at radius 2 is 1.39 bits per heavy atom. The van der Waals surface area contributed by atoms with Crippen LogP contribution in [0.3, 0.4) is 0 Å². The number of carbonyl (C=O) groups excluding carboxylic acids is 2. The van der Waals surface area contributed by atoms with E-state index >= 15 is 0 Å². The van der Waals surface area contributed by atoms with Crippen LogP contribution in [0.25, 0.3) is 0 Å². The number of anilines is 1. The number of hydrogen-bond donors (Lipinski definition) is 2. The highest BCUT2D eigenvalue weighted by molar-refractivity contribution is 6.32. The van der Waals surface area contributed by atoms with E-state index in [1.165, 1.54) is 4.90 Å². The molecule has 196 valence electrons. The van der Waals surface area contributed by atoms with Crippen molar-refractivity contribution in [2.45, 2.75) is 37.5 Å². The predicted octanol–water partition coefficient (Wildman–Crippen LogP) is 4.87. The standard InChI is InChI=1S/C20H16ClF8N5O2/c21-14-12(6-10(8-30-14)19(24,25)26)16(35)32-33-17(36)13-7-11(20(27,28)29)9-31-15(13)34-4-1-2-18(22,23)3-5-34/h6-9H,1-5H2,(H,32,35)(H,33,36). The zero-order valence-corrected chi connectivity index (χ0v) is 18.7. The molecule has 0 unspecified atom stereocenters. The molecule has 0 aromatic carbocycles. The van der Waals surface area contributed by atoms with Crippen LogP contribution in [-0.4, -0.2) is 40.8 Å². The number of pyridine rings is 2. The summed E-state index contributed by atoms with van der Waals surface area (Å²) in [5, 5.41) is -0.637. The molecule has 16 heteroatoms. The first-order valence-electron chi connectivity index (χ1n) is 10.1. The van der Waals surface area contributed by atoms with Crippen LogP contribution in [0.2, 0.25) is 5.15 Å². The Bertz CT molecular complexity index is 1160. The topological polar surface area (TPSA) is 87.2 Å². The molecule has 2 aromatic rings. The lowest BCUT2D eigenvalue weighted by Gasteiger charge is -2.24. The number of carbonyl (C=O) groups is 2. The summed E-state index contributed by atoms with van der Waals surface area (Å²) in [4.78, 5) is 33.1. The predicted molar refractivity (Wildman–Crippen MR) is 109 cm³/mol. The first kappa shape index (κ1) is 27.4. The third kappa shape index (κ3) is 6.50. The Labute approximate surface area is 202 Å². The summed E-state index contributed by atoms with van der Waals surface area (Å²) in [5.41, 5.74) is -0.582. The van der Waals surface area contributed by atoms with Gasteiger partial charge in [-0.25, -0.2) is 18.7 Å². The lowest BCUT2D eigenvalue weighted by molar-refractivity contribution is -0.138. The number of nitrogens with one attached hydrogen (secondary N) is 2. The molecule has 3 rings (SSSR count). The van der Waals surface area contributed by atoms with E-state index in [1.54, 1.807) is 10.9 Å². The summed E-state index contributed by atoms with van der Waals surface area (Å²) < 4.78 is 106. The molecule has 0 atom stereocenters. The number of alkyl halides is 8. The lowest BCUT2D eigenvalue weighted by atomic mass is 10.1. The monoisotopic (exact) mass is 545 g/mol. The highest BCUT2D eigenvalue weighted by Gasteiger charge is 2.36. The average molecular weight is 546 g/mol. The first-order valence-corrected chi connectivity index (χ1v) is 10.5. The minimum atomic E-state index is -4.91. The number of amides is 2. The largest absolute Gasteiger partial charge is 0.417 e. The second-order valence-electron chi connectivity index (χ2n) is 7.76. The summed E-state index contributed by atoms with van der Waals surface area (Å²) in [6.45, 7) is -0.352. The number of rotatable bonds is 3. The third-order valence-electron chi connectivity index (χ3n) is 5.16. The van der Waals surface area contributed by atoms with E-state index in [-0.39, 0.29) is 25.3 Å². The van der Waals surface area contributed by atoms with Gasteiger partial charge in [0.05, 0.1) is 22.3 Å². The zero-order chi connectivity index (χ0) is 26.9. The van der Waals surface area contributed by atoms with E-state index < -0.39 is 70.3 Å².